The number of hydrogen-bond donors (Lipinski definition) is 3. The first-order valence-electron chi connectivity index (χ1n) is 5.52. The molecule has 1 rings (SSSR count). The van der Waals surface area contributed by atoms with Crippen molar-refractivity contribution in [3.63, 3.8) is 0 Å². The molecule has 0 heterocycles. The number of nitrogens with two attached hydrogens (primary N) is 1. The minimum Gasteiger partial charge on any atom is -0.362 e. The molecule has 0 aromatic heterocycles. The maximum Gasteiger partial charge on any atom is 0.210 e. The van der Waals surface area contributed by atoms with E-state index in [2.05, 4.69) is 10.6 Å². The van der Waals surface area contributed by atoms with Crippen LogP contribution in [0.25, 0.3) is 0 Å². The van der Waals surface area contributed by atoms with E-state index in [-0.39, 0.29) is 12.3 Å². The second kappa shape index (κ2) is 6.36. The second-order valence-corrected chi connectivity index (χ2v) is 6.24. The minimum atomic E-state index is -3.40. The summed E-state index contributed by atoms with van der Waals surface area (Å²) in [5.74, 6) is -0.0977. The normalized spacial score (nSPS) is 18.1. The smallest absolute Gasteiger partial charge is 0.210 e. The fourth-order valence-corrected chi connectivity index (χ4v) is 2.45. The molecule has 0 saturated heterocycles. The van der Waals surface area contributed by atoms with Gasteiger partial charge in [-0.05, 0) is 25.1 Å². The number of nitrogens with one attached hydrogen (secondary N) is 2. The second-order valence-electron chi connectivity index (χ2n) is 4.10. The van der Waals surface area contributed by atoms with Crippen molar-refractivity contribution < 1.29 is 8.42 Å². The monoisotopic (exact) mass is 265 g/mol. The third-order valence-electron chi connectivity index (χ3n) is 2.61. The van der Waals surface area contributed by atoms with Crippen molar-refractivity contribution in [2.24, 2.45) is 5.14 Å². The molecule has 1 aliphatic carbocycles. The van der Waals surface area contributed by atoms with E-state index in [9.17, 15) is 8.42 Å². The molecule has 1 aliphatic rings. The van der Waals surface area contributed by atoms with Crippen molar-refractivity contribution >= 4 is 27.4 Å². The fraction of sp³-hybridized carbons (Fsp3) is 0.889. The van der Waals surface area contributed by atoms with Crippen LogP contribution in [0, 0.1) is 0 Å². The molecule has 94 valence electrons. The lowest BCUT2D eigenvalue weighted by Gasteiger charge is -2.24. The van der Waals surface area contributed by atoms with Crippen molar-refractivity contribution in [1.29, 1.82) is 0 Å². The molecular weight excluding hydrogens is 246 g/mol. The van der Waals surface area contributed by atoms with Gasteiger partial charge in [0.05, 0.1) is 5.75 Å². The zero-order chi connectivity index (χ0) is 12.0. The van der Waals surface area contributed by atoms with Gasteiger partial charge in [-0.15, -0.1) is 0 Å². The summed E-state index contributed by atoms with van der Waals surface area (Å²) in [4.78, 5) is 0. The number of rotatable bonds is 4. The van der Waals surface area contributed by atoms with E-state index in [0.717, 1.165) is 12.8 Å². The first-order chi connectivity index (χ1) is 7.47. The highest BCUT2D eigenvalue weighted by molar-refractivity contribution is 7.89. The largest absolute Gasteiger partial charge is 0.362 e. The van der Waals surface area contributed by atoms with Crippen molar-refractivity contribution in [2.75, 3.05) is 12.3 Å². The SMILES string of the molecule is NS(=O)(=O)CCNC(=S)NC1CCCCC1. The molecule has 0 aliphatic heterocycles. The van der Waals surface area contributed by atoms with Crippen LogP contribution in [0.4, 0.5) is 0 Å². The maximum absolute atomic E-state index is 10.7. The van der Waals surface area contributed by atoms with E-state index < -0.39 is 10.0 Å². The minimum absolute atomic E-state index is 0.0977. The fourth-order valence-electron chi connectivity index (χ4n) is 1.79. The topological polar surface area (TPSA) is 84.2 Å². The molecule has 0 atom stereocenters. The Morgan fingerprint density at radius 1 is 1.31 bits per heavy atom. The molecule has 1 saturated carbocycles. The van der Waals surface area contributed by atoms with E-state index in [0.29, 0.717) is 11.2 Å². The number of primary sulfonamides is 1. The highest BCUT2D eigenvalue weighted by Crippen LogP contribution is 2.17. The molecule has 1 fully saturated rings. The Balaban J connectivity index is 2.15. The molecule has 5 nitrogen and oxygen atoms in total. The van der Waals surface area contributed by atoms with E-state index in [4.69, 9.17) is 17.4 Å². The molecule has 0 amide bonds. The van der Waals surface area contributed by atoms with Crippen molar-refractivity contribution in [2.45, 2.75) is 38.1 Å². The molecule has 0 radical (unpaired) electrons. The van der Waals surface area contributed by atoms with Gasteiger partial charge in [-0.2, -0.15) is 0 Å². The summed E-state index contributed by atoms with van der Waals surface area (Å²) in [7, 11) is -3.40. The zero-order valence-corrected chi connectivity index (χ0v) is 10.9. The van der Waals surface area contributed by atoms with E-state index in [1.54, 1.807) is 0 Å². The molecule has 16 heavy (non-hydrogen) atoms. The molecule has 7 heteroatoms. The molecule has 0 bridgehead atoms. The highest BCUT2D eigenvalue weighted by Gasteiger charge is 2.13. The maximum atomic E-state index is 10.7. The average molecular weight is 265 g/mol. The van der Waals surface area contributed by atoms with E-state index in [1.807, 2.05) is 0 Å². The molecule has 0 unspecified atom stereocenters. The van der Waals surface area contributed by atoms with Gasteiger partial charge in [0.25, 0.3) is 0 Å². The lowest BCUT2D eigenvalue weighted by molar-refractivity contribution is 0.412. The summed E-state index contributed by atoms with van der Waals surface area (Å²) in [5, 5.41) is 11.4. The van der Waals surface area contributed by atoms with Gasteiger partial charge in [0.1, 0.15) is 0 Å². The number of hydrogen-bond acceptors (Lipinski definition) is 3. The Bertz CT molecular complexity index is 324. The number of sulfonamides is 1. The van der Waals surface area contributed by atoms with Gasteiger partial charge in [-0.25, -0.2) is 13.6 Å². The van der Waals surface area contributed by atoms with Crippen LogP contribution < -0.4 is 15.8 Å². The van der Waals surface area contributed by atoms with Crippen molar-refractivity contribution in [3.05, 3.63) is 0 Å². The van der Waals surface area contributed by atoms with Crippen LogP contribution in [0.1, 0.15) is 32.1 Å². The predicted molar refractivity (Wildman–Crippen MR) is 68.6 cm³/mol. The molecule has 0 aromatic carbocycles. The van der Waals surface area contributed by atoms with Gasteiger partial charge in [0.2, 0.25) is 10.0 Å². The lowest BCUT2D eigenvalue weighted by atomic mass is 9.96. The third-order valence-corrected chi connectivity index (χ3v) is 3.65. The van der Waals surface area contributed by atoms with Crippen LogP contribution in [-0.2, 0) is 10.0 Å². The standard InChI is InChI=1S/C9H19N3O2S2/c10-16(13,14)7-6-11-9(15)12-8-4-2-1-3-5-8/h8H,1-7H2,(H2,10,13,14)(H2,11,12,15). The predicted octanol–water partition coefficient (Wildman–Crippen LogP) is 0.0717. The Kier molecular flexibility index (Phi) is 5.43. The van der Waals surface area contributed by atoms with Crippen LogP contribution in [0.3, 0.4) is 0 Å². The summed E-state index contributed by atoms with van der Waals surface area (Å²) in [5.41, 5.74) is 0. The van der Waals surface area contributed by atoms with E-state index in [1.165, 1.54) is 19.3 Å². The molecule has 4 N–H and O–H groups in total. The van der Waals surface area contributed by atoms with Gasteiger partial charge in [0, 0.05) is 12.6 Å². The van der Waals surface area contributed by atoms with Gasteiger partial charge in [-0.3, -0.25) is 0 Å². The Morgan fingerprint density at radius 3 is 2.50 bits per heavy atom. The zero-order valence-electron chi connectivity index (χ0n) is 9.24. The summed E-state index contributed by atoms with van der Waals surface area (Å²) in [6.45, 7) is 0.261. The van der Waals surface area contributed by atoms with Gasteiger partial charge < -0.3 is 10.6 Å². The molecular formula is C9H19N3O2S2. The van der Waals surface area contributed by atoms with Crippen LogP contribution >= 0.6 is 12.2 Å². The van der Waals surface area contributed by atoms with Gasteiger partial charge in [-0.1, -0.05) is 19.3 Å². The lowest BCUT2D eigenvalue weighted by Crippen LogP contribution is -2.44. The Morgan fingerprint density at radius 2 is 1.94 bits per heavy atom. The van der Waals surface area contributed by atoms with Crippen LogP contribution in [0.5, 0.6) is 0 Å². The first kappa shape index (κ1) is 13.7. The van der Waals surface area contributed by atoms with Gasteiger partial charge in [0.15, 0.2) is 5.11 Å². The van der Waals surface area contributed by atoms with Crippen LogP contribution in [0.15, 0.2) is 0 Å². The van der Waals surface area contributed by atoms with E-state index >= 15 is 0 Å². The first-order valence-corrected chi connectivity index (χ1v) is 7.64. The van der Waals surface area contributed by atoms with Crippen molar-refractivity contribution in [1.82, 2.24) is 10.6 Å². The van der Waals surface area contributed by atoms with Crippen LogP contribution in [-0.4, -0.2) is 31.9 Å². The molecule has 0 aromatic rings. The molecule has 0 spiro atoms. The van der Waals surface area contributed by atoms with Crippen LogP contribution in [0.2, 0.25) is 0 Å². The Labute approximate surface area is 102 Å². The average Bonchev–Trinajstić information content (AvgIpc) is 2.17. The summed E-state index contributed by atoms with van der Waals surface area (Å²) < 4.78 is 21.4. The Hall–Kier alpha value is -0.400. The third kappa shape index (κ3) is 6.24. The van der Waals surface area contributed by atoms with Gasteiger partial charge >= 0.3 is 0 Å². The summed E-state index contributed by atoms with van der Waals surface area (Å²) in [6, 6.07) is 0.434. The highest BCUT2D eigenvalue weighted by atomic mass is 32.2. The summed E-state index contributed by atoms with van der Waals surface area (Å²) >= 11 is 5.07. The van der Waals surface area contributed by atoms with Crippen molar-refractivity contribution in [3.8, 4) is 0 Å². The summed E-state index contributed by atoms with van der Waals surface area (Å²) in [6.07, 6.45) is 6.03. The number of thiocarbonyl (C=S) groups is 1. The quantitative estimate of drug-likeness (QED) is 0.627.